The number of hydrogen-bond acceptors (Lipinski definition) is 2. The lowest BCUT2D eigenvalue weighted by molar-refractivity contribution is 0.165. The van der Waals surface area contributed by atoms with E-state index >= 15 is 0 Å². The molecule has 2 aromatic rings. The second kappa shape index (κ2) is 6.20. The third kappa shape index (κ3) is 4.15. The number of rotatable bonds is 5. The molecule has 0 aliphatic carbocycles. The third-order valence-electron chi connectivity index (χ3n) is 2.73. The van der Waals surface area contributed by atoms with Gasteiger partial charge in [-0.25, -0.2) is 0 Å². The van der Waals surface area contributed by atoms with Gasteiger partial charge in [0, 0.05) is 5.02 Å². The summed E-state index contributed by atoms with van der Waals surface area (Å²) in [4.78, 5) is 0. The van der Waals surface area contributed by atoms with E-state index in [4.69, 9.17) is 11.6 Å². The quantitative estimate of drug-likeness (QED) is 0.869. The Hall–Kier alpha value is -0.830. The fourth-order valence-corrected chi connectivity index (χ4v) is 2.59. The molecular weight excluding hydrogens is 252 g/mol. The Kier molecular flexibility index (Phi) is 4.60. The molecule has 1 N–H and O–H groups in total. The Morgan fingerprint density at radius 1 is 1.12 bits per heavy atom. The lowest BCUT2D eigenvalue weighted by Crippen LogP contribution is -2.11. The molecule has 1 aromatic heterocycles. The second-order valence-electron chi connectivity index (χ2n) is 4.15. The zero-order chi connectivity index (χ0) is 12.1. The van der Waals surface area contributed by atoms with Gasteiger partial charge in [-0.3, -0.25) is 0 Å². The summed E-state index contributed by atoms with van der Waals surface area (Å²) in [6, 6.07) is 9.77. The topological polar surface area (TPSA) is 20.2 Å². The summed E-state index contributed by atoms with van der Waals surface area (Å²) in [6.07, 6.45) is 2.16. The fourth-order valence-electron chi connectivity index (χ4n) is 1.76. The lowest BCUT2D eigenvalue weighted by atomic mass is 10.0. The fraction of sp³-hybridized carbons (Fsp3) is 0.286. The van der Waals surface area contributed by atoms with Crippen molar-refractivity contribution in [3.05, 3.63) is 57.2 Å². The van der Waals surface area contributed by atoms with Crippen molar-refractivity contribution in [2.75, 3.05) is 0 Å². The van der Waals surface area contributed by atoms with Crippen LogP contribution in [0.25, 0.3) is 0 Å². The van der Waals surface area contributed by atoms with E-state index in [1.165, 1.54) is 5.56 Å². The SMILES string of the molecule is OC(CCc1ccsc1)Cc1ccc(Cl)cc1. The molecule has 1 nitrogen and oxygen atoms in total. The maximum atomic E-state index is 9.94. The maximum absolute atomic E-state index is 9.94. The van der Waals surface area contributed by atoms with E-state index < -0.39 is 0 Å². The van der Waals surface area contributed by atoms with E-state index in [1.54, 1.807) is 11.3 Å². The van der Waals surface area contributed by atoms with Crippen molar-refractivity contribution in [1.29, 1.82) is 0 Å². The first-order valence-corrected chi connectivity index (χ1v) is 7.00. The van der Waals surface area contributed by atoms with Crippen LogP contribution in [0.4, 0.5) is 0 Å². The van der Waals surface area contributed by atoms with E-state index in [9.17, 15) is 5.11 Å². The van der Waals surface area contributed by atoms with Crippen LogP contribution < -0.4 is 0 Å². The van der Waals surface area contributed by atoms with Gasteiger partial charge in [0.2, 0.25) is 0 Å². The molecule has 1 unspecified atom stereocenters. The maximum Gasteiger partial charge on any atom is 0.0583 e. The molecule has 1 heterocycles. The Bertz CT molecular complexity index is 436. The molecule has 1 aromatic carbocycles. The van der Waals surface area contributed by atoms with Crippen LogP contribution in [0, 0.1) is 0 Å². The summed E-state index contributed by atoms with van der Waals surface area (Å²) in [5.74, 6) is 0. The molecule has 0 aliphatic heterocycles. The molecular formula is C14H15ClOS. The lowest BCUT2D eigenvalue weighted by Gasteiger charge is -2.10. The number of aryl methyl sites for hydroxylation is 1. The smallest absolute Gasteiger partial charge is 0.0583 e. The highest BCUT2D eigenvalue weighted by Gasteiger charge is 2.06. The second-order valence-corrected chi connectivity index (χ2v) is 5.37. The van der Waals surface area contributed by atoms with Gasteiger partial charge in [-0.15, -0.1) is 0 Å². The van der Waals surface area contributed by atoms with Gasteiger partial charge in [0.25, 0.3) is 0 Å². The summed E-state index contributed by atoms with van der Waals surface area (Å²) in [6.45, 7) is 0. The number of aliphatic hydroxyl groups is 1. The molecule has 1 atom stereocenters. The molecule has 0 fully saturated rings. The van der Waals surface area contributed by atoms with Crippen LogP contribution in [0.5, 0.6) is 0 Å². The van der Waals surface area contributed by atoms with Crippen LogP contribution in [0.15, 0.2) is 41.1 Å². The minimum atomic E-state index is -0.281. The van der Waals surface area contributed by atoms with Crippen LogP contribution in [-0.2, 0) is 12.8 Å². The number of halogens is 1. The number of aliphatic hydroxyl groups excluding tert-OH is 1. The van der Waals surface area contributed by atoms with Crippen LogP contribution >= 0.6 is 22.9 Å². The van der Waals surface area contributed by atoms with E-state index in [-0.39, 0.29) is 6.10 Å². The highest BCUT2D eigenvalue weighted by molar-refractivity contribution is 7.07. The first-order valence-electron chi connectivity index (χ1n) is 5.67. The summed E-state index contributed by atoms with van der Waals surface area (Å²) in [5, 5.41) is 14.9. The monoisotopic (exact) mass is 266 g/mol. The molecule has 0 bridgehead atoms. The predicted molar refractivity (Wildman–Crippen MR) is 73.8 cm³/mol. The molecule has 0 saturated heterocycles. The van der Waals surface area contributed by atoms with Crippen LogP contribution in [0.1, 0.15) is 17.5 Å². The first kappa shape index (κ1) is 12.6. The average molecular weight is 267 g/mol. The van der Waals surface area contributed by atoms with Gasteiger partial charge >= 0.3 is 0 Å². The Morgan fingerprint density at radius 2 is 1.88 bits per heavy atom. The van der Waals surface area contributed by atoms with Crippen molar-refractivity contribution >= 4 is 22.9 Å². The van der Waals surface area contributed by atoms with Gasteiger partial charge < -0.3 is 5.11 Å². The molecule has 17 heavy (non-hydrogen) atoms. The average Bonchev–Trinajstić information content (AvgIpc) is 2.83. The van der Waals surface area contributed by atoms with Crippen molar-refractivity contribution in [3.8, 4) is 0 Å². The first-order chi connectivity index (χ1) is 8.24. The highest BCUT2D eigenvalue weighted by atomic mass is 35.5. The summed E-state index contributed by atoms with van der Waals surface area (Å²) in [5.41, 5.74) is 2.44. The predicted octanol–water partition coefficient (Wildman–Crippen LogP) is 3.94. The van der Waals surface area contributed by atoms with Gasteiger partial charge in [0.05, 0.1) is 6.10 Å². The van der Waals surface area contributed by atoms with Crippen molar-refractivity contribution < 1.29 is 5.11 Å². The van der Waals surface area contributed by atoms with E-state index in [1.807, 2.05) is 24.3 Å². The summed E-state index contributed by atoms with van der Waals surface area (Å²) >= 11 is 7.52. The number of hydrogen-bond donors (Lipinski definition) is 1. The molecule has 0 amide bonds. The number of thiophene rings is 1. The van der Waals surface area contributed by atoms with Crippen LogP contribution in [-0.4, -0.2) is 11.2 Å². The minimum Gasteiger partial charge on any atom is -0.393 e. The summed E-state index contributed by atoms with van der Waals surface area (Å²) < 4.78 is 0. The molecule has 0 saturated carbocycles. The zero-order valence-corrected chi connectivity index (χ0v) is 11.0. The molecule has 0 aliphatic rings. The van der Waals surface area contributed by atoms with Gasteiger partial charge in [-0.05, 0) is 59.3 Å². The van der Waals surface area contributed by atoms with Crippen molar-refractivity contribution in [3.63, 3.8) is 0 Å². The zero-order valence-electron chi connectivity index (χ0n) is 9.47. The van der Waals surface area contributed by atoms with Gasteiger partial charge in [0.15, 0.2) is 0 Å². The Labute approximate surface area is 111 Å². The van der Waals surface area contributed by atoms with Gasteiger partial charge in [0.1, 0.15) is 0 Å². The van der Waals surface area contributed by atoms with Crippen molar-refractivity contribution in [2.45, 2.75) is 25.4 Å². The molecule has 2 rings (SSSR count). The standard InChI is InChI=1S/C14H15ClOS/c15-13-4-1-11(2-5-13)9-14(16)6-3-12-7-8-17-10-12/h1-2,4-5,7-8,10,14,16H,3,6,9H2. The third-order valence-corrected chi connectivity index (χ3v) is 3.71. The normalized spacial score (nSPS) is 12.6. The summed E-state index contributed by atoms with van der Waals surface area (Å²) in [7, 11) is 0. The van der Waals surface area contributed by atoms with Crippen molar-refractivity contribution in [2.24, 2.45) is 0 Å². The molecule has 0 radical (unpaired) electrons. The van der Waals surface area contributed by atoms with Crippen LogP contribution in [0.2, 0.25) is 5.02 Å². The largest absolute Gasteiger partial charge is 0.393 e. The Balaban J connectivity index is 1.80. The Morgan fingerprint density at radius 3 is 2.53 bits per heavy atom. The minimum absolute atomic E-state index is 0.281. The number of benzene rings is 1. The van der Waals surface area contributed by atoms with Crippen LogP contribution in [0.3, 0.4) is 0 Å². The van der Waals surface area contributed by atoms with E-state index in [0.29, 0.717) is 6.42 Å². The van der Waals surface area contributed by atoms with Crippen molar-refractivity contribution in [1.82, 2.24) is 0 Å². The highest BCUT2D eigenvalue weighted by Crippen LogP contribution is 2.14. The van der Waals surface area contributed by atoms with Gasteiger partial charge in [-0.1, -0.05) is 23.7 Å². The van der Waals surface area contributed by atoms with Gasteiger partial charge in [-0.2, -0.15) is 11.3 Å². The van der Waals surface area contributed by atoms with E-state index in [2.05, 4.69) is 16.8 Å². The molecule has 0 spiro atoms. The molecule has 90 valence electrons. The van der Waals surface area contributed by atoms with E-state index in [0.717, 1.165) is 23.4 Å². The molecule has 3 heteroatoms.